The number of nitrogens with zero attached hydrogens (tertiary/aromatic N) is 3. The van der Waals surface area contributed by atoms with Gasteiger partial charge in [-0.1, -0.05) is 68.4 Å². The molecule has 0 bridgehead atoms. The molecule has 212 valence electrons. The number of piperazine rings is 1. The molecule has 1 aliphatic carbocycles. The van der Waals surface area contributed by atoms with E-state index in [1.165, 1.54) is 29.5 Å². The molecule has 5 rings (SSSR count). The van der Waals surface area contributed by atoms with Crippen LogP contribution in [0, 0.1) is 5.41 Å². The fourth-order valence-electron chi connectivity index (χ4n) is 7.24. The summed E-state index contributed by atoms with van der Waals surface area (Å²) in [6.45, 7) is 17.8. The highest BCUT2D eigenvalue weighted by molar-refractivity contribution is 5.68. The summed E-state index contributed by atoms with van der Waals surface area (Å²) in [5, 5.41) is 0. The monoisotopic (exact) mass is 531 g/mol. The summed E-state index contributed by atoms with van der Waals surface area (Å²) in [5.74, 6) is 0.509. The first-order chi connectivity index (χ1) is 18.6. The van der Waals surface area contributed by atoms with Crippen molar-refractivity contribution in [2.45, 2.75) is 96.9 Å². The topological polar surface area (TPSA) is 36.0 Å². The number of ether oxygens (including phenoxy) is 1. The number of piperidine rings is 1. The van der Waals surface area contributed by atoms with Crippen molar-refractivity contribution < 1.29 is 9.53 Å². The van der Waals surface area contributed by atoms with Crippen LogP contribution in [0.5, 0.6) is 0 Å². The molecule has 3 aliphatic rings. The second-order valence-corrected chi connectivity index (χ2v) is 13.6. The molecule has 5 heteroatoms. The van der Waals surface area contributed by atoms with Gasteiger partial charge in [0.2, 0.25) is 0 Å². The molecular formula is C34H49N3O2. The third kappa shape index (κ3) is 6.20. The predicted octanol–water partition coefficient (Wildman–Crippen LogP) is 7.41. The fraction of sp³-hybridized carbons (Fsp3) is 0.618. The molecule has 1 spiro atoms. The lowest BCUT2D eigenvalue weighted by Gasteiger charge is -2.58. The SMILES string of the molecule is CC(C)c1ccccc1C1CN(C(C)c2ccccc2)CCN1C1CC2(CCN(C(=O)OC(C)(C)C)CC2)C1. The van der Waals surface area contributed by atoms with Crippen molar-refractivity contribution in [3.05, 3.63) is 71.3 Å². The summed E-state index contributed by atoms with van der Waals surface area (Å²) in [4.78, 5) is 20.1. The third-order valence-corrected chi connectivity index (χ3v) is 9.54. The Morgan fingerprint density at radius 2 is 1.54 bits per heavy atom. The molecule has 5 nitrogen and oxygen atoms in total. The number of carbonyl (C=O) groups is 1. The normalized spacial score (nSPS) is 23.6. The smallest absolute Gasteiger partial charge is 0.410 e. The van der Waals surface area contributed by atoms with Gasteiger partial charge in [-0.25, -0.2) is 4.79 Å². The lowest BCUT2D eigenvalue weighted by Crippen LogP contribution is -2.60. The Kier molecular flexibility index (Phi) is 8.13. The Morgan fingerprint density at radius 1 is 0.897 bits per heavy atom. The van der Waals surface area contributed by atoms with Gasteiger partial charge in [-0.15, -0.1) is 0 Å². The molecule has 2 unspecified atom stereocenters. The lowest BCUT2D eigenvalue weighted by atomic mass is 9.59. The number of benzene rings is 2. The predicted molar refractivity (Wildman–Crippen MR) is 159 cm³/mol. The minimum Gasteiger partial charge on any atom is -0.444 e. The van der Waals surface area contributed by atoms with E-state index in [0.717, 1.165) is 45.6 Å². The van der Waals surface area contributed by atoms with Gasteiger partial charge in [0, 0.05) is 50.8 Å². The zero-order valence-corrected chi connectivity index (χ0v) is 25.0. The van der Waals surface area contributed by atoms with Crippen molar-refractivity contribution in [3.63, 3.8) is 0 Å². The van der Waals surface area contributed by atoms with Crippen LogP contribution in [-0.2, 0) is 4.74 Å². The van der Waals surface area contributed by atoms with Crippen LogP contribution in [0.4, 0.5) is 4.79 Å². The van der Waals surface area contributed by atoms with Crippen molar-refractivity contribution in [2.24, 2.45) is 5.41 Å². The average molecular weight is 532 g/mol. The Hall–Kier alpha value is -2.37. The number of hydrogen-bond donors (Lipinski definition) is 0. The highest BCUT2D eigenvalue weighted by atomic mass is 16.6. The lowest BCUT2D eigenvalue weighted by molar-refractivity contribution is -0.0811. The standard InChI is InChI=1S/C34H49N3O2/c1-25(2)29-14-10-11-15-30(29)31-24-36(26(3)27-12-8-7-9-13-27)20-21-37(31)28-22-34(23-28)16-18-35(19-17-34)32(38)39-33(4,5)6/h7-15,25-26,28,31H,16-24H2,1-6H3. The number of hydrogen-bond acceptors (Lipinski definition) is 4. The zero-order chi connectivity index (χ0) is 27.8. The number of carbonyl (C=O) groups excluding carboxylic acids is 1. The highest BCUT2D eigenvalue weighted by Crippen LogP contribution is 2.53. The molecule has 2 saturated heterocycles. The molecule has 39 heavy (non-hydrogen) atoms. The van der Waals surface area contributed by atoms with Gasteiger partial charge in [-0.2, -0.15) is 0 Å². The van der Waals surface area contributed by atoms with Crippen LogP contribution in [-0.4, -0.2) is 65.2 Å². The minimum atomic E-state index is -0.435. The Balaban J connectivity index is 1.29. The van der Waals surface area contributed by atoms with Crippen LogP contribution in [0.1, 0.15) is 102 Å². The maximum Gasteiger partial charge on any atom is 0.410 e. The molecule has 2 heterocycles. The van der Waals surface area contributed by atoms with E-state index >= 15 is 0 Å². The second-order valence-electron chi connectivity index (χ2n) is 13.6. The van der Waals surface area contributed by atoms with Crippen LogP contribution in [0.3, 0.4) is 0 Å². The van der Waals surface area contributed by atoms with Gasteiger partial charge in [-0.3, -0.25) is 9.80 Å². The van der Waals surface area contributed by atoms with Crippen LogP contribution >= 0.6 is 0 Å². The molecule has 0 radical (unpaired) electrons. The fourth-order valence-corrected chi connectivity index (χ4v) is 7.24. The van der Waals surface area contributed by atoms with E-state index in [1.807, 2.05) is 25.7 Å². The Labute approximate surface area is 236 Å². The molecule has 2 atom stereocenters. The molecule has 2 aromatic carbocycles. The summed E-state index contributed by atoms with van der Waals surface area (Å²) >= 11 is 0. The number of rotatable bonds is 5. The van der Waals surface area contributed by atoms with Crippen molar-refractivity contribution in [3.8, 4) is 0 Å². The summed E-state index contributed by atoms with van der Waals surface area (Å²) in [7, 11) is 0. The molecule has 3 fully saturated rings. The minimum absolute atomic E-state index is 0.151. The zero-order valence-electron chi connectivity index (χ0n) is 25.0. The van der Waals surface area contributed by atoms with Gasteiger partial charge in [0.25, 0.3) is 0 Å². The first-order valence-corrected chi connectivity index (χ1v) is 15.2. The number of amides is 1. The van der Waals surface area contributed by atoms with E-state index in [9.17, 15) is 4.79 Å². The highest BCUT2D eigenvalue weighted by Gasteiger charge is 2.50. The first-order valence-electron chi connectivity index (χ1n) is 15.2. The van der Waals surface area contributed by atoms with Gasteiger partial charge in [-0.05, 0) is 81.4 Å². The maximum absolute atomic E-state index is 12.6. The van der Waals surface area contributed by atoms with Crippen molar-refractivity contribution >= 4 is 6.09 Å². The van der Waals surface area contributed by atoms with Gasteiger partial charge in [0.15, 0.2) is 0 Å². The second kappa shape index (κ2) is 11.2. The van der Waals surface area contributed by atoms with Gasteiger partial charge < -0.3 is 9.64 Å². The summed E-state index contributed by atoms with van der Waals surface area (Å²) in [6.07, 6.45) is 4.55. The third-order valence-electron chi connectivity index (χ3n) is 9.54. The average Bonchev–Trinajstić information content (AvgIpc) is 2.90. The van der Waals surface area contributed by atoms with Gasteiger partial charge in [0.1, 0.15) is 5.60 Å². The quantitative estimate of drug-likeness (QED) is 0.402. The first kappa shape index (κ1) is 28.2. The molecule has 2 aliphatic heterocycles. The Bertz CT molecular complexity index is 1110. The Morgan fingerprint density at radius 3 is 2.18 bits per heavy atom. The molecule has 1 saturated carbocycles. The van der Waals surface area contributed by atoms with Crippen LogP contribution in [0.2, 0.25) is 0 Å². The molecule has 1 amide bonds. The summed E-state index contributed by atoms with van der Waals surface area (Å²) in [6, 6.07) is 21.6. The van der Waals surface area contributed by atoms with Crippen LogP contribution < -0.4 is 0 Å². The van der Waals surface area contributed by atoms with Crippen LogP contribution in [0.25, 0.3) is 0 Å². The van der Waals surface area contributed by atoms with Crippen LogP contribution in [0.15, 0.2) is 54.6 Å². The van der Waals surface area contributed by atoms with E-state index in [1.54, 1.807) is 0 Å². The molecule has 0 N–H and O–H groups in total. The van der Waals surface area contributed by atoms with Crippen molar-refractivity contribution in [2.75, 3.05) is 32.7 Å². The van der Waals surface area contributed by atoms with Crippen molar-refractivity contribution in [1.82, 2.24) is 14.7 Å². The molecule has 2 aromatic rings. The molecule has 0 aromatic heterocycles. The largest absolute Gasteiger partial charge is 0.444 e. The van der Waals surface area contributed by atoms with E-state index in [-0.39, 0.29) is 6.09 Å². The number of likely N-dealkylation sites (tertiary alicyclic amines) is 1. The van der Waals surface area contributed by atoms with E-state index in [4.69, 9.17) is 4.74 Å². The van der Waals surface area contributed by atoms with E-state index in [0.29, 0.717) is 29.5 Å². The maximum atomic E-state index is 12.6. The summed E-state index contributed by atoms with van der Waals surface area (Å²) < 4.78 is 5.64. The summed E-state index contributed by atoms with van der Waals surface area (Å²) in [5.41, 5.74) is 4.36. The van der Waals surface area contributed by atoms with Gasteiger partial charge in [0.05, 0.1) is 0 Å². The van der Waals surface area contributed by atoms with E-state index in [2.05, 4.69) is 85.2 Å². The van der Waals surface area contributed by atoms with Gasteiger partial charge >= 0.3 is 6.09 Å². The molecular weight excluding hydrogens is 482 g/mol. The van der Waals surface area contributed by atoms with E-state index < -0.39 is 5.60 Å². The van der Waals surface area contributed by atoms with Crippen molar-refractivity contribution in [1.29, 1.82) is 0 Å².